The van der Waals surface area contributed by atoms with E-state index in [1.807, 2.05) is 13.8 Å². The van der Waals surface area contributed by atoms with Gasteiger partial charge in [-0.3, -0.25) is 4.21 Å². The van der Waals surface area contributed by atoms with E-state index in [2.05, 4.69) is 10.6 Å². The van der Waals surface area contributed by atoms with Crippen molar-refractivity contribution >= 4 is 22.8 Å². The van der Waals surface area contributed by atoms with Gasteiger partial charge in [-0.2, -0.15) is 0 Å². The number of urea groups is 1. The highest BCUT2D eigenvalue weighted by atomic mass is 32.2. The quantitative estimate of drug-likeness (QED) is 0.610. The molecule has 6 nitrogen and oxygen atoms in total. The Morgan fingerprint density at radius 1 is 1.35 bits per heavy atom. The van der Waals surface area contributed by atoms with E-state index in [4.69, 9.17) is 5.11 Å². The van der Waals surface area contributed by atoms with Crippen LogP contribution in [0.3, 0.4) is 0 Å². The minimum absolute atomic E-state index is 0.180. The maximum atomic E-state index is 11.3. The fraction of sp³-hybridized carbons (Fsp3) is 0.800. The molecule has 0 aromatic carbocycles. The SMILES string of the molecule is CC(C)C[C@@H](NC(=O)NCCS(C)=O)C(=O)O. The van der Waals surface area contributed by atoms with Crippen LogP contribution < -0.4 is 10.6 Å². The van der Waals surface area contributed by atoms with Gasteiger partial charge in [-0.15, -0.1) is 0 Å². The lowest BCUT2D eigenvalue weighted by Gasteiger charge is -2.16. The summed E-state index contributed by atoms with van der Waals surface area (Å²) in [4.78, 5) is 22.2. The number of carboxylic acids is 1. The molecule has 3 N–H and O–H groups in total. The number of rotatable bonds is 7. The molecule has 0 aromatic rings. The Kier molecular flexibility index (Phi) is 7.53. The van der Waals surface area contributed by atoms with Crippen molar-refractivity contribution in [1.29, 1.82) is 0 Å². The second-order valence-electron chi connectivity index (χ2n) is 4.20. The Bertz CT molecular complexity index is 294. The van der Waals surface area contributed by atoms with Gasteiger partial charge >= 0.3 is 12.0 Å². The molecule has 0 saturated carbocycles. The van der Waals surface area contributed by atoms with Crippen LogP contribution in [0.4, 0.5) is 4.79 Å². The number of carbonyl (C=O) groups is 2. The van der Waals surface area contributed by atoms with Crippen LogP contribution in [0.1, 0.15) is 20.3 Å². The van der Waals surface area contributed by atoms with E-state index in [0.29, 0.717) is 12.2 Å². The van der Waals surface area contributed by atoms with Gasteiger partial charge in [0.05, 0.1) is 0 Å². The van der Waals surface area contributed by atoms with Crippen molar-refractivity contribution in [1.82, 2.24) is 10.6 Å². The summed E-state index contributed by atoms with van der Waals surface area (Å²) < 4.78 is 10.7. The molecule has 2 amide bonds. The topological polar surface area (TPSA) is 95.5 Å². The van der Waals surface area contributed by atoms with Crippen LogP contribution in [0, 0.1) is 5.92 Å². The molecular weight excluding hydrogens is 244 g/mol. The summed E-state index contributed by atoms with van der Waals surface area (Å²) in [5, 5.41) is 13.7. The average Bonchev–Trinajstić information content (AvgIpc) is 2.15. The summed E-state index contributed by atoms with van der Waals surface area (Å²) in [6, 6.07) is -1.43. The van der Waals surface area contributed by atoms with Crippen LogP contribution in [0.25, 0.3) is 0 Å². The van der Waals surface area contributed by atoms with E-state index in [-0.39, 0.29) is 12.5 Å². The molecule has 0 radical (unpaired) electrons. The number of carbonyl (C=O) groups excluding carboxylic acids is 1. The van der Waals surface area contributed by atoms with Gasteiger partial charge in [-0.1, -0.05) is 13.8 Å². The molecule has 0 aliphatic heterocycles. The number of amides is 2. The van der Waals surface area contributed by atoms with E-state index in [9.17, 15) is 13.8 Å². The lowest BCUT2D eigenvalue weighted by Crippen LogP contribution is -2.47. The molecule has 1 unspecified atom stereocenters. The summed E-state index contributed by atoms with van der Waals surface area (Å²) in [6.07, 6.45) is 1.92. The van der Waals surface area contributed by atoms with Gasteiger partial charge in [0.15, 0.2) is 0 Å². The van der Waals surface area contributed by atoms with Crippen LogP contribution in [-0.4, -0.2) is 45.9 Å². The van der Waals surface area contributed by atoms with Gasteiger partial charge in [0, 0.05) is 29.4 Å². The highest BCUT2D eigenvalue weighted by Crippen LogP contribution is 2.04. The van der Waals surface area contributed by atoms with Crippen molar-refractivity contribution in [2.75, 3.05) is 18.6 Å². The van der Waals surface area contributed by atoms with E-state index in [0.717, 1.165) is 0 Å². The zero-order valence-corrected chi connectivity index (χ0v) is 11.2. The lowest BCUT2D eigenvalue weighted by atomic mass is 10.0. The summed E-state index contributed by atoms with van der Waals surface area (Å²) in [5.41, 5.74) is 0. The first-order valence-electron chi connectivity index (χ1n) is 5.40. The molecule has 0 rings (SSSR count). The molecule has 0 saturated heterocycles. The van der Waals surface area contributed by atoms with Gasteiger partial charge in [-0.05, 0) is 12.3 Å². The molecule has 0 aliphatic carbocycles. The van der Waals surface area contributed by atoms with Crippen molar-refractivity contribution in [3.63, 3.8) is 0 Å². The zero-order valence-electron chi connectivity index (χ0n) is 10.4. The monoisotopic (exact) mass is 264 g/mol. The fourth-order valence-electron chi connectivity index (χ4n) is 1.21. The van der Waals surface area contributed by atoms with Gasteiger partial charge in [0.1, 0.15) is 6.04 Å². The maximum absolute atomic E-state index is 11.3. The number of aliphatic carboxylic acids is 1. The molecular formula is C10H20N2O4S. The van der Waals surface area contributed by atoms with Crippen molar-refractivity contribution in [2.45, 2.75) is 26.3 Å². The zero-order chi connectivity index (χ0) is 13.4. The predicted octanol–water partition coefficient (Wildman–Crippen LogP) is 0.163. The first-order chi connectivity index (χ1) is 7.82. The van der Waals surface area contributed by atoms with Gasteiger partial charge < -0.3 is 15.7 Å². The number of nitrogens with one attached hydrogen (secondary N) is 2. The molecule has 17 heavy (non-hydrogen) atoms. The molecule has 0 spiro atoms. The molecule has 7 heteroatoms. The van der Waals surface area contributed by atoms with Crippen LogP contribution >= 0.6 is 0 Å². The first-order valence-corrected chi connectivity index (χ1v) is 7.12. The maximum Gasteiger partial charge on any atom is 0.326 e. The van der Waals surface area contributed by atoms with Crippen molar-refractivity contribution in [3.05, 3.63) is 0 Å². The standard InChI is InChI=1S/C10H20N2O4S/c1-7(2)6-8(9(13)14)12-10(15)11-4-5-17(3)16/h7-8H,4-6H2,1-3H3,(H,13,14)(H2,11,12,15)/t8-,17?/m1/s1. The molecule has 100 valence electrons. The minimum Gasteiger partial charge on any atom is -0.480 e. The molecule has 0 heterocycles. The third kappa shape index (κ3) is 8.67. The van der Waals surface area contributed by atoms with Gasteiger partial charge in [-0.25, -0.2) is 9.59 Å². The van der Waals surface area contributed by atoms with Crippen molar-refractivity contribution < 1.29 is 18.9 Å². The average molecular weight is 264 g/mol. The minimum atomic E-state index is -1.05. The Labute approximate surface area is 104 Å². The van der Waals surface area contributed by atoms with E-state index < -0.39 is 28.8 Å². The van der Waals surface area contributed by atoms with E-state index in [1.165, 1.54) is 0 Å². The van der Waals surface area contributed by atoms with Crippen LogP contribution in [0.5, 0.6) is 0 Å². The molecule has 0 aliphatic rings. The third-order valence-corrected chi connectivity index (χ3v) is 2.76. The number of hydrogen-bond donors (Lipinski definition) is 3. The van der Waals surface area contributed by atoms with Crippen LogP contribution in [0.2, 0.25) is 0 Å². The smallest absolute Gasteiger partial charge is 0.326 e. The van der Waals surface area contributed by atoms with Crippen LogP contribution in [0.15, 0.2) is 0 Å². The van der Waals surface area contributed by atoms with Gasteiger partial charge in [0.25, 0.3) is 0 Å². The predicted molar refractivity (Wildman–Crippen MR) is 66.3 cm³/mol. The largest absolute Gasteiger partial charge is 0.480 e. The summed E-state index contributed by atoms with van der Waals surface area (Å²) in [5.74, 6) is -0.512. The first kappa shape index (κ1) is 15.9. The van der Waals surface area contributed by atoms with Crippen molar-refractivity contribution in [3.8, 4) is 0 Å². The summed E-state index contributed by atoms with van der Waals surface area (Å²) in [6.45, 7) is 4.04. The normalized spacial score (nSPS) is 14.1. The van der Waals surface area contributed by atoms with E-state index in [1.54, 1.807) is 6.26 Å². The van der Waals surface area contributed by atoms with Gasteiger partial charge in [0.2, 0.25) is 0 Å². The lowest BCUT2D eigenvalue weighted by molar-refractivity contribution is -0.139. The highest BCUT2D eigenvalue weighted by molar-refractivity contribution is 7.84. The second kappa shape index (κ2) is 8.05. The Morgan fingerprint density at radius 3 is 2.35 bits per heavy atom. The number of carboxylic acid groups (broad SMARTS) is 1. The van der Waals surface area contributed by atoms with Crippen molar-refractivity contribution in [2.24, 2.45) is 5.92 Å². The van der Waals surface area contributed by atoms with Crippen LogP contribution in [-0.2, 0) is 15.6 Å². The summed E-state index contributed by atoms with van der Waals surface area (Å²) >= 11 is 0. The Balaban J connectivity index is 4.04. The summed E-state index contributed by atoms with van der Waals surface area (Å²) in [7, 11) is -0.971. The molecule has 0 aromatic heterocycles. The highest BCUT2D eigenvalue weighted by Gasteiger charge is 2.20. The third-order valence-electron chi connectivity index (χ3n) is 1.99. The fourth-order valence-corrected chi connectivity index (χ4v) is 1.60. The molecule has 2 atom stereocenters. The molecule has 0 bridgehead atoms. The Hall–Kier alpha value is -1.11. The van der Waals surface area contributed by atoms with E-state index >= 15 is 0 Å². The molecule has 0 fully saturated rings. The Morgan fingerprint density at radius 2 is 1.94 bits per heavy atom. The number of hydrogen-bond acceptors (Lipinski definition) is 3. The second-order valence-corrected chi connectivity index (χ2v) is 5.75.